The minimum absolute atomic E-state index is 0.802. The third kappa shape index (κ3) is 7.26. The second-order valence-corrected chi connectivity index (χ2v) is 6.19. The highest BCUT2D eigenvalue weighted by Gasteiger charge is 2.17. The molecule has 0 atom stereocenters. The Morgan fingerprint density at radius 1 is 1.19 bits per heavy atom. The highest BCUT2D eigenvalue weighted by molar-refractivity contribution is 5.56. The summed E-state index contributed by atoms with van der Waals surface area (Å²) in [4.78, 5) is 0. The fourth-order valence-corrected chi connectivity index (χ4v) is 2.52. The molecular weight excluding hydrogens is 260 g/mol. The largest absolute Gasteiger partial charge is 0.366 e. The third-order valence-corrected chi connectivity index (χ3v) is 3.54. The number of hydrogen-bond acceptors (Lipinski definition) is 2. The van der Waals surface area contributed by atoms with E-state index in [9.17, 15) is 0 Å². The Balaban J connectivity index is 0.000000383. The van der Waals surface area contributed by atoms with Crippen molar-refractivity contribution in [2.45, 2.75) is 58.2 Å². The predicted molar refractivity (Wildman–Crippen MR) is 90.1 cm³/mol. The quantitative estimate of drug-likeness (QED) is 0.632. The van der Waals surface area contributed by atoms with Crippen LogP contribution in [-0.4, -0.2) is 16.0 Å². The van der Waals surface area contributed by atoms with Crippen LogP contribution in [0.5, 0.6) is 0 Å². The predicted octanol–water partition coefficient (Wildman–Crippen LogP) is 4.56. The highest BCUT2D eigenvalue weighted by atomic mass is 16.5. The van der Waals surface area contributed by atoms with Crippen LogP contribution in [0.3, 0.4) is 0 Å². The molecule has 0 aromatic heterocycles. The van der Waals surface area contributed by atoms with Crippen molar-refractivity contribution in [1.29, 1.82) is 0 Å². The second kappa shape index (κ2) is 8.16. The Morgan fingerprint density at radius 2 is 1.76 bits per heavy atom. The molecule has 1 aromatic rings. The molecule has 1 aromatic carbocycles. The van der Waals surface area contributed by atoms with E-state index in [4.69, 9.17) is 10.2 Å². The smallest absolute Gasteiger partial charge is 0.156 e. The molecule has 0 bridgehead atoms. The number of hydrogen-bond donors (Lipinski definition) is 2. The van der Waals surface area contributed by atoms with Gasteiger partial charge in [0.1, 0.15) is 0 Å². The number of aliphatic hydroxyl groups is 2. The maximum Gasteiger partial charge on any atom is 0.156 e. The zero-order valence-electron chi connectivity index (χ0n) is 13.5. The Bertz CT molecular complexity index is 469. The molecule has 1 saturated carbocycles. The second-order valence-electron chi connectivity index (χ2n) is 6.19. The summed E-state index contributed by atoms with van der Waals surface area (Å²) in [5, 5.41) is 16.2. The van der Waals surface area contributed by atoms with Crippen molar-refractivity contribution < 1.29 is 10.2 Å². The van der Waals surface area contributed by atoms with Gasteiger partial charge in [0, 0.05) is 0 Å². The SMILES string of the molecule is C=C/C=C\c1cc(C2CCCC2)ccc1C.CC(C)(O)O. The van der Waals surface area contributed by atoms with Crippen molar-refractivity contribution in [3.8, 4) is 0 Å². The van der Waals surface area contributed by atoms with Gasteiger partial charge in [0.25, 0.3) is 0 Å². The lowest BCUT2D eigenvalue weighted by molar-refractivity contribution is -0.127. The van der Waals surface area contributed by atoms with Gasteiger partial charge in [-0.3, -0.25) is 0 Å². The van der Waals surface area contributed by atoms with Gasteiger partial charge in [-0.15, -0.1) is 0 Å². The summed E-state index contributed by atoms with van der Waals surface area (Å²) in [6, 6.07) is 6.90. The van der Waals surface area contributed by atoms with Crippen LogP contribution in [0.4, 0.5) is 0 Å². The van der Waals surface area contributed by atoms with Crippen LogP contribution < -0.4 is 0 Å². The first-order chi connectivity index (χ1) is 9.81. The Hall–Kier alpha value is -1.38. The molecule has 1 aliphatic rings. The van der Waals surface area contributed by atoms with Gasteiger partial charge in [-0.1, -0.05) is 55.8 Å². The lowest BCUT2D eigenvalue weighted by Gasteiger charge is -2.11. The Kier molecular flexibility index (Phi) is 6.86. The number of rotatable bonds is 3. The van der Waals surface area contributed by atoms with Crippen LogP contribution in [0.1, 0.15) is 62.1 Å². The molecule has 2 N–H and O–H groups in total. The lowest BCUT2D eigenvalue weighted by Crippen LogP contribution is -2.15. The van der Waals surface area contributed by atoms with Gasteiger partial charge in [-0.05, 0) is 56.2 Å². The van der Waals surface area contributed by atoms with E-state index in [0.29, 0.717) is 0 Å². The van der Waals surface area contributed by atoms with E-state index < -0.39 is 5.79 Å². The van der Waals surface area contributed by atoms with Crippen molar-refractivity contribution in [2.24, 2.45) is 0 Å². The number of aryl methyl sites for hydroxylation is 1. The van der Waals surface area contributed by atoms with Crippen molar-refractivity contribution in [1.82, 2.24) is 0 Å². The Labute approximate surface area is 128 Å². The van der Waals surface area contributed by atoms with Gasteiger partial charge in [0.15, 0.2) is 5.79 Å². The standard InChI is InChI=1S/C16H20.C3H8O2/c1-3-4-7-15-12-16(11-10-13(15)2)14-8-5-6-9-14;1-3(2,4)5/h3-4,7,10-12,14H,1,5-6,8-9H2,2H3;4-5H,1-2H3/b7-4-;. The average molecular weight is 288 g/mol. The van der Waals surface area contributed by atoms with E-state index in [1.807, 2.05) is 12.2 Å². The molecule has 0 radical (unpaired) electrons. The first-order valence-corrected chi connectivity index (χ1v) is 7.65. The summed E-state index contributed by atoms with van der Waals surface area (Å²) in [5.41, 5.74) is 4.20. The summed E-state index contributed by atoms with van der Waals surface area (Å²) in [6.45, 7) is 8.48. The minimum Gasteiger partial charge on any atom is -0.366 e. The summed E-state index contributed by atoms with van der Waals surface area (Å²) >= 11 is 0. The van der Waals surface area contributed by atoms with Crippen LogP contribution >= 0.6 is 0 Å². The molecule has 0 aliphatic heterocycles. The van der Waals surface area contributed by atoms with Gasteiger partial charge in [-0.2, -0.15) is 0 Å². The van der Waals surface area contributed by atoms with E-state index in [1.165, 1.54) is 56.2 Å². The van der Waals surface area contributed by atoms with Crippen LogP contribution in [0.15, 0.2) is 36.9 Å². The van der Waals surface area contributed by atoms with E-state index in [1.54, 1.807) is 0 Å². The van der Waals surface area contributed by atoms with Crippen LogP contribution in [-0.2, 0) is 0 Å². The topological polar surface area (TPSA) is 40.5 Å². The molecule has 116 valence electrons. The monoisotopic (exact) mass is 288 g/mol. The molecule has 0 saturated heterocycles. The number of allylic oxidation sites excluding steroid dienone is 2. The van der Waals surface area contributed by atoms with E-state index in [0.717, 1.165) is 5.92 Å². The average Bonchev–Trinajstić information content (AvgIpc) is 2.90. The van der Waals surface area contributed by atoms with Crippen molar-refractivity contribution in [3.63, 3.8) is 0 Å². The molecule has 0 amide bonds. The normalized spacial score (nSPS) is 15.9. The summed E-state index contributed by atoms with van der Waals surface area (Å²) in [6.07, 6.45) is 11.5. The Morgan fingerprint density at radius 3 is 2.29 bits per heavy atom. The fraction of sp³-hybridized carbons (Fsp3) is 0.474. The van der Waals surface area contributed by atoms with Crippen molar-refractivity contribution in [2.75, 3.05) is 0 Å². The minimum atomic E-state index is -1.50. The van der Waals surface area contributed by atoms with Gasteiger partial charge in [0.05, 0.1) is 0 Å². The first kappa shape index (κ1) is 17.7. The molecular formula is C19H28O2. The molecule has 2 nitrogen and oxygen atoms in total. The van der Waals surface area contributed by atoms with Crippen LogP contribution in [0.25, 0.3) is 6.08 Å². The fourth-order valence-electron chi connectivity index (χ4n) is 2.52. The molecule has 21 heavy (non-hydrogen) atoms. The number of benzene rings is 1. The van der Waals surface area contributed by atoms with Crippen molar-refractivity contribution >= 4 is 6.08 Å². The third-order valence-electron chi connectivity index (χ3n) is 3.54. The van der Waals surface area contributed by atoms with Gasteiger partial charge in [-0.25, -0.2) is 0 Å². The van der Waals surface area contributed by atoms with Crippen LogP contribution in [0, 0.1) is 6.92 Å². The van der Waals surface area contributed by atoms with E-state index in [2.05, 4.69) is 37.8 Å². The zero-order chi connectivity index (χ0) is 15.9. The lowest BCUT2D eigenvalue weighted by atomic mass is 9.94. The molecule has 0 spiro atoms. The summed E-state index contributed by atoms with van der Waals surface area (Å²) in [7, 11) is 0. The van der Waals surface area contributed by atoms with Gasteiger partial charge in [0.2, 0.25) is 0 Å². The van der Waals surface area contributed by atoms with E-state index in [-0.39, 0.29) is 0 Å². The maximum atomic E-state index is 8.08. The molecule has 0 unspecified atom stereocenters. The van der Waals surface area contributed by atoms with E-state index >= 15 is 0 Å². The van der Waals surface area contributed by atoms with Gasteiger partial charge >= 0.3 is 0 Å². The van der Waals surface area contributed by atoms with Crippen molar-refractivity contribution in [3.05, 3.63) is 53.6 Å². The van der Waals surface area contributed by atoms with Crippen LogP contribution in [0.2, 0.25) is 0 Å². The molecule has 2 heteroatoms. The first-order valence-electron chi connectivity index (χ1n) is 7.65. The molecule has 2 rings (SSSR count). The molecule has 0 heterocycles. The summed E-state index contributed by atoms with van der Waals surface area (Å²) in [5.74, 6) is -0.698. The highest BCUT2D eigenvalue weighted by Crippen LogP contribution is 2.34. The molecule has 1 fully saturated rings. The molecule has 1 aliphatic carbocycles. The zero-order valence-corrected chi connectivity index (χ0v) is 13.5. The maximum absolute atomic E-state index is 8.08. The van der Waals surface area contributed by atoms with Gasteiger partial charge < -0.3 is 10.2 Å². The summed E-state index contributed by atoms with van der Waals surface area (Å²) < 4.78 is 0.